The van der Waals surface area contributed by atoms with Crippen molar-refractivity contribution in [1.29, 1.82) is 0 Å². The molecule has 1 aliphatic carbocycles. The smallest absolute Gasteiger partial charge is 0.0619 e. The van der Waals surface area contributed by atoms with E-state index in [2.05, 4.69) is 242 Å². The lowest BCUT2D eigenvalue weighted by molar-refractivity contribution is 0.660. The van der Waals surface area contributed by atoms with E-state index in [1.54, 1.807) is 0 Å². The molecule has 0 unspecified atom stereocenters. The highest BCUT2D eigenvalue weighted by Gasteiger charge is 2.35. The van der Waals surface area contributed by atoms with Crippen molar-refractivity contribution in [2.24, 2.45) is 0 Å². The molecule has 0 saturated carbocycles. The van der Waals surface area contributed by atoms with Gasteiger partial charge in [0.15, 0.2) is 0 Å². The van der Waals surface area contributed by atoms with Crippen LogP contribution >= 0.6 is 0 Å². The Morgan fingerprint density at radius 2 is 0.864 bits per heavy atom. The third kappa shape index (κ3) is 5.71. The molecule has 0 saturated heterocycles. The summed E-state index contributed by atoms with van der Waals surface area (Å²) in [6.07, 6.45) is 0. The second-order valence-corrected chi connectivity index (χ2v) is 16.1. The summed E-state index contributed by atoms with van der Waals surface area (Å²) in [4.78, 5) is 2.41. The van der Waals surface area contributed by atoms with Crippen LogP contribution < -0.4 is 4.90 Å². The molecule has 59 heavy (non-hydrogen) atoms. The van der Waals surface area contributed by atoms with Gasteiger partial charge in [0, 0.05) is 44.4 Å². The zero-order valence-corrected chi connectivity index (χ0v) is 33.2. The van der Waals surface area contributed by atoms with Gasteiger partial charge >= 0.3 is 0 Å². The molecule has 0 amide bonds. The van der Waals surface area contributed by atoms with Gasteiger partial charge in [0.05, 0.1) is 16.7 Å². The standard InChI is InChI=1S/C57H42N2/c1-57(2)52-25-12-9-21-48(52)49-37-36-45(38-53(49)57)58(43-32-28-40(29-33-43)39-16-5-3-6-17-39)44-34-30-42(31-35-44)46-20-10-13-26-54(46)59-55-27-14-11-22-50(55)51-24-15-23-47(56(51)59)41-18-7-4-8-19-41/h3-38H,1-2H3. The van der Waals surface area contributed by atoms with Crippen LogP contribution in [0.1, 0.15) is 25.0 Å². The Balaban J connectivity index is 1.05. The molecule has 1 aliphatic rings. The van der Waals surface area contributed by atoms with Crippen LogP contribution in [0, 0.1) is 0 Å². The molecule has 0 atom stereocenters. The average Bonchev–Trinajstić information content (AvgIpc) is 3.76. The van der Waals surface area contributed by atoms with Gasteiger partial charge in [-0.15, -0.1) is 0 Å². The molecule has 280 valence electrons. The Morgan fingerprint density at radius 3 is 1.61 bits per heavy atom. The molecule has 2 heteroatoms. The molecule has 0 spiro atoms. The van der Waals surface area contributed by atoms with Gasteiger partial charge in [-0.2, -0.15) is 0 Å². The van der Waals surface area contributed by atoms with E-state index in [4.69, 9.17) is 0 Å². The number of para-hydroxylation sites is 3. The number of hydrogen-bond acceptors (Lipinski definition) is 1. The fourth-order valence-corrected chi connectivity index (χ4v) is 9.53. The fraction of sp³-hybridized carbons (Fsp3) is 0.0526. The van der Waals surface area contributed by atoms with Gasteiger partial charge in [-0.3, -0.25) is 0 Å². The van der Waals surface area contributed by atoms with Crippen molar-refractivity contribution in [1.82, 2.24) is 4.57 Å². The van der Waals surface area contributed by atoms with Crippen LogP contribution in [0.5, 0.6) is 0 Å². The lowest BCUT2D eigenvalue weighted by Gasteiger charge is -2.28. The first-order valence-electron chi connectivity index (χ1n) is 20.5. The molecule has 11 rings (SSSR count). The van der Waals surface area contributed by atoms with E-state index in [0.717, 1.165) is 28.3 Å². The summed E-state index contributed by atoms with van der Waals surface area (Å²) in [5, 5.41) is 2.50. The van der Waals surface area contributed by atoms with Gasteiger partial charge in [-0.05, 0) is 93.0 Å². The lowest BCUT2D eigenvalue weighted by Crippen LogP contribution is -2.16. The molecular formula is C57H42N2. The van der Waals surface area contributed by atoms with Crippen molar-refractivity contribution >= 4 is 38.9 Å². The minimum atomic E-state index is -0.106. The number of fused-ring (bicyclic) bond motifs is 6. The van der Waals surface area contributed by atoms with E-state index >= 15 is 0 Å². The molecule has 0 N–H and O–H groups in total. The van der Waals surface area contributed by atoms with Crippen molar-refractivity contribution < 1.29 is 0 Å². The highest BCUT2D eigenvalue weighted by molar-refractivity contribution is 6.14. The number of anilines is 3. The van der Waals surface area contributed by atoms with E-state index in [9.17, 15) is 0 Å². The molecule has 10 aromatic rings. The van der Waals surface area contributed by atoms with E-state index in [0.29, 0.717) is 0 Å². The van der Waals surface area contributed by atoms with Crippen molar-refractivity contribution in [3.63, 3.8) is 0 Å². The highest BCUT2D eigenvalue weighted by atomic mass is 15.1. The van der Waals surface area contributed by atoms with E-state index in [-0.39, 0.29) is 5.41 Å². The van der Waals surface area contributed by atoms with Crippen molar-refractivity contribution in [2.75, 3.05) is 4.90 Å². The summed E-state index contributed by atoms with van der Waals surface area (Å²) >= 11 is 0. The van der Waals surface area contributed by atoms with Gasteiger partial charge in [-0.1, -0.05) is 184 Å². The number of hydrogen-bond donors (Lipinski definition) is 0. The van der Waals surface area contributed by atoms with Gasteiger partial charge < -0.3 is 9.47 Å². The number of nitrogens with zero attached hydrogens (tertiary/aromatic N) is 2. The molecule has 0 bridgehead atoms. The Kier molecular flexibility index (Phi) is 8.20. The van der Waals surface area contributed by atoms with E-state index < -0.39 is 0 Å². The summed E-state index contributed by atoms with van der Waals surface area (Å²) in [7, 11) is 0. The van der Waals surface area contributed by atoms with Gasteiger partial charge in [-0.25, -0.2) is 0 Å². The van der Waals surface area contributed by atoms with Crippen LogP contribution in [0.2, 0.25) is 0 Å². The van der Waals surface area contributed by atoms with Crippen molar-refractivity contribution in [3.05, 3.63) is 230 Å². The Hall–Kier alpha value is -7.42. The molecule has 9 aromatic carbocycles. The highest BCUT2D eigenvalue weighted by Crippen LogP contribution is 2.51. The molecule has 1 aromatic heterocycles. The SMILES string of the molecule is CC1(C)c2ccccc2-c2ccc(N(c3ccc(-c4ccccc4)cc3)c3ccc(-c4ccccc4-n4c5ccccc5c5cccc(-c6ccccc6)c54)cc3)cc21. The van der Waals surface area contributed by atoms with Crippen LogP contribution in [0.4, 0.5) is 17.1 Å². The third-order valence-electron chi connectivity index (χ3n) is 12.4. The zero-order valence-electron chi connectivity index (χ0n) is 33.2. The van der Waals surface area contributed by atoms with Gasteiger partial charge in [0.1, 0.15) is 0 Å². The van der Waals surface area contributed by atoms with Crippen LogP contribution in [-0.4, -0.2) is 4.57 Å². The van der Waals surface area contributed by atoms with Gasteiger partial charge in [0.2, 0.25) is 0 Å². The second-order valence-electron chi connectivity index (χ2n) is 16.1. The summed E-state index contributed by atoms with van der Waals surface area (Å²) in [6.45, 7) is 4.71. The predicted molar refractivity (Wildman–Crippen MR) is 249 cm³/mol. The Labute approximate surface area is 345 Å². The molecule has 0 radical (unpaired) electrons. The second kappa shape index (κ2) is 13.9. The maximum Gasteiger partial charge on any atom is 0.0619 e. The summed E-state index contributed by atoms with van der Waals surface area (Å²) in [5.41, 5.74) is 19.4. The number of rotatable bonds is 7. The minimum absolute atomic E-state index is 0.106. The third-order valence-corrected chi connectivity index (χ3v) is 12.4. The number of aromatic nitrogens is 1. The predicted octanol–water partition coefficient (Wildman–Crippen LogP) is 15.6. The minimum Gasteiger partial charge on any atom is -0.310 e. The van der Waals surface area contributed by atoms with Crippen molar-refractivity contribution in [3.8, 4) is 50.2 Å². The topological polar surface area (TPSA) is 8.17 Å². The average molecular weight is 755 g/mol. The molecule has 0 aliphatic heterocycles. The van der Waals surface area contributed by atoms with E-state index in [1.807, 2.05) is 0 Å². The zero-order chi connectivity index (χ0) is 39.5. The Morgan fingerprint density at radius 1 is 0.356 bits per heavy atom. The summed E-state index contributed by atoms with van der Waals surface area (Å²) in [6, 6.07) is 79.8. The first-order chi connectivity index (χ1) is 29.0. The molecule has 2 nitrogen and oxygen atoms in total. The van der Waals surface area contributed by atoms with Crippen LogP contribution in [-0.2, 0) is 5.41 Å². The first-order valence-corrected chi connectivity index (χ1v) is 20.5. The van der Waals surface area contributed by atoms with E-state index in [1.165, 1.54) is 71.9 Å². The summed E-state index contributed by atoms with van der Waals surface area (Å²) < 4.78 is 2.47. The molecule has 1 heterocycles. The first kappa shape index (κ1) is 34.8. The van der Waals surface area contributed by atoms with Crippen LogP contribution in [0.3, 0.4) is 0 Å². The maximum atomic E-state index is 2.47. The maximum absolute atomic E-state index is 2.47. The fourth-order valence-electron chi connectivity index (χ4n) is 9.53. The normalized spacial score (nSPS) is 12.7. The largest absolute Gasteiger partial charge is 0.310 e. The van der Waals surface area contributed by atoms with Gasteiger partial charge in [0.25, 0.3) is 0 Å². The number of benzene rings is 9. The van der Waals surface area contributed by atoms with Crippen LogP contribution in [0.15, 0.2) is 218 Å². The monoisotopic (exact) mass is 754 g/mol. The molecule has 0 fully saturated rings. The molecular weight excluding hydrogens is 713 g/mol. The lowest BCUT2D eigenvalue weighted by atomic mass is 9.82. The Bertz CT molecular complexity index is 3150. The quantitative estimate of drug-likeness (QED) is 0.157. The summed E-state index contributed by atoms with van der Waals surface area (Å²) in [5.74, 6) is 0. The van der Waals surface area contributed by atoms with Crippen molar-refractivity contribution in [2.45, 2.75) is 19.3 Å². The van der Waals surface area contributed by atoms with Crippen LogP contribution in [0.25, 0.3) is 72.0 Å².